The van der Waals surface area contributed by atoms with Crippen LogP contribution in [-0.4, -0.2) is 41.5 Å². The standard InChI is InChI=1S/C14H9F3O2.C13H19N3O.ClH/c15-14(16,17)10-7-5-9(6-8-10)11-3-1-2-4-12(11)13(18)19;1-10(17)15-5-7-16-6-4-11-8-13(14)3-2-12(11)9-16;/h1-8H,(H,18,19);2-3,8H,4-7,9,14H2,1H3,(H,15,17);1H. The Labute approximate surface area is 219 Å². The predicted molar refractivity (Wildman–Crippen MR) is 140 cm³/mol. The summed E-state index contributed by atoms with van der Waals surface area (Å²) in [6, 6.07) is 16.7. The van der Waals surface area contributed by atoms with Gasteiger partial charge in [0.05, 0.1) is 11.1 Å². The third-order valence-electron chi connectivity index (χ3n) is 5.80. The summed E-state index contributed by atoms with van der Waals surface area (Å²) in [5.74, 6) is -1.08. The molecule has 198 valence electrons. The minimum Gasteiger partial charge on any atom is -0.478 e. The molecular formula is C27H29ClF3N3O3. The molecule has 0 atom stereocenters. The fourth-order valence-electron chi connectivity index (χ4n) is 3.97. The molecule has 6 nitrogen and oxygen atoms in total. The number of anilines is 1. The zero-order valence-corrected chi connectivity index (χ0v) is 21.0. The second-order valence-corrected chi connectivity index (χ2v) is 8.46. The van der Waals surface area contributed by atoms with E-state index in [1.54, 1.807) is 25.1 Å². The Morgan fingerprint density at radius 2 is 1.70 bits per heavy atom. The number of carboxylic acid groups (broad SMARTS) is 1. The number of benzene rings is 3. The first-order chi connectivity index (χ1) is 17.0. The van der Waals surface area contributed by atoms with Crippen LogP contribution >= 0.6 is 12.4 Å². The fraction of sp³-hybridized carbons (Fsp3) is 0.259. The molecule has 0 fully saturated rings. The molecule has 1 aliphatic rings. The second-order valence-electron chi connectivity index (χ2n) is 8.46. The molecule has 1 aliphatic heterocycles. The Bertz CT molecular complexity index is 1220. The number of nitrogen functional groups attached to an aromatic ring is 1. The Hall–Kier alpha value is -3.56. The Balaban J connectivity index is 0.000000255. The van der Waals surface area contributed by atoms with Crippen LogP contribution in [0.5, 0.6) is 0 Å². The average Bonchev–Trinajstić information content (AvgIpc) is 2.84. The van der Waals surface area contributed by atoms with Crippen LogP contribution in [0.2, 0.25) is 0 Å². The monoisotopic (exact) mass is 535 g/mol. The third-order valence-corrected chi connectivity index (χ3v) is 5.80. The van der Waals surface area contributed by atoms with Gasteiger partial charge in [0.2, 0.25) is 5.91 Å². The van der Waals surface area contributed by atoms with Crippen molar-refractivity contribution in [1.29, 1.82) is 0 Å². The quantitative estimate of drug-likeness (QED) is 0.388. The van der Waals surface area contributed by atoms with Crippen molar-refractivity contribution in [3.8, 4) is 11.1 Å². The SMILES string of the molecule is CC(=O)NCCN1CCc2cc(N)ccc2C1.Cl.O=C(O)c1ccccc1-c1ccc(C(F)(F)F)cc1. The highest BCUT2D eigenvalue weighted by Crippen LogP contribution is 2.31. The van der Waals surface area contributed by atoms with E-state index >= 15 is 0 Å². The van der Waals surface area contributed by atoms with Crippen LogP contribution in [-0.2, 0) is 23.9 Å². The number of aromatic carboxylic acids is 1. The van der Waals surface area contributed by atoms with Crippen molar-refractivity contribution in [2.45, 2.75) is 26.1 Å². The lowest BCUT2D eigenvalue weighted by Crippen LogP contribution is -2.37. The average molecular weight is 536 g/mol. The molecular weight excluding hydrogens is 507 g/mol. The lowest BCUT2D eigenvalue weighted by atomic mass is 9.99. The number of amides is 1. The summed E-state index contributed by atoms with van der Waals surface area (Å²) in [5, 5.41) is 11.9. The maximum atomic E-state index is 12.4. The van der Waals surface area contributed by atoms with Gasteiger partial charge in [-0.15, -0.1) is 12.4 Å². The van der Waals surface area contributed by atoms with Crippen molar-refractivity contribution >= 4 is 30.0 Å². The van der Waals surface area contributed by atoms with Crippen molar-refractivity contribution < 1.29 is 27.9 Å². The normalized spacial score (nSPS) is 12.9. The van der Waals surface area contributed by atoms with Crippen molar-refractivity contribution in [3.63, 3.8) is 0 Å². The van der Waals surface area contributed by atoms with E-state index in [0.29, 0.717) is 11.1 Å². The molecule has 0 radical (unpaired) electrons. The molecule has 0 saturated carbocycles. The van der Waals surface area contributed by atoms with Crippen LogP contribution in [0.25, 0.3) is 11.1 Å². The number of nitrogens with one attached hydrogen (secondary N) is 1. The zero-order chi connectivity index (χ0) is 26.3. The van der Waals surface area contributed by atoms with E-state index in [1.807, 2.05) is 6.07 Å². The molecule has 0 aliphatic carbocycles. The van der Waals surface area contributed by atoms with Crippen LogP contribution in [0.4, 0.5) is 18.9 Å². The van der Waals surface area contributed by atoms with E-state index in [4.69, 9.17) is 10.8 Å². The summed E-state index contributed by atoms with van der Waals surface area (Å²) >= 11 is 0. The molecule has 0 bridgehead atoms. The van der Waals surface area contributed by atoms with E-state index < -0.39 is 17.7 Å². The maximum absolute atomic E-state index is 12.4. The summed E-state index contributed by atoms with van der Waals surface area (Å²) in [6.07, 6.45) is -3.36. The summed E-state index contributed by atoms with van der Waals surface area (Å²) < 4.78 is 37.3. The molecule has 0 aromatic heterocycles. The summed E-state index contributed by atoms with van der Waals surface area (Å²) in [7, 11) is 0. The lowest BCUT2D eigenvalue weighted by molar-refractivity contribution is -0.137. The van der Waals surface area contributed by atoms with Crippen LogP contribution in [0.3, 0.4) is 0 Å². The number of nitrogens with zero attached hydrogens (tertiary/aromatic N) is 1. The van der Waals surface area contributed by atoms with E-state index in [1.165, 1.54) is 29.3 Å². The Kier molecular flexibility index (Phi) is 10.5. The highest BCUT2D eigenvalue weighted by atomic mass is 35.5. The van der Waals surface area contributed by atoms with Crippen molar-refractivity contribution in [1.82, 2.24) is 10.2 Å². The summed E-state index contributed by atoms with van der Waals surface area (Å²) in [5.41, 5.74) is 9.45. The molecule has 3 aromatic carbocycles. The largest absolute Gasteiger partial charge is 0.478 e. The van der Waals surface area contributed by atoms with Gasteiger partial charge in [-0.2, -0.15) is 13.2 Å². The fourth-order valence-corrected chi connectivity index (χ4v) is 3.97. The van der Waals surface area contributed by atoms with Crippen molar-refractivity contribution in [2.75, 3.05) is 25.4 Å². The van der Waals surface area contributed by atoms with Crippen LogP contribution in [0.1, 0.15) is 34.0 Å². The van der Waals surface area contributed by atoms with Crippen LogP contribution in [0, 0.1) is 0 Å². The number of hydrogen-bond donors (Lipinski definition) is 3. The van der Waals surface area contributed by atoms with Gasteiger partial charge in [-0.25, -0.2) is 4.79 Å². The van der Waals surface area contributed by atoms with Gasteiger partial charge in [-0.1, -0.05) is 36.4 Å². The van der Waals surface area contributed by atoms with Gasteiger partial charge in [-0.05, 0) is 59.0 Å². The van der Waals surface area contributed by atoms with Gasteiger partial charge in [0.15, 0.2) is 0 Å². The molecule has 37 heavy (non-hydrogen) atoms. The van der Waals surface area contributed by atoms with E-state index in [9.17, 15) is 22.8 Å². The predicted octanol–water partition coefficient (Wildman–Crippen LogP) is 5.26. The molecule has 4 N–H and O–H groups in total. The van der Waals surface area contributed by atoms with Crippen LogP contribution in [0.15, 0.2) is 66.7 Å². The number of rotatable bonds is 5. The number of carbonyl (C=O) groups is 2. The van der Waals surface area contributed by atoms with Gasteiger partial charge < -0.3 is 16.2 Å². The lowest BCUT2D eigenvalue weighted by Gasteiger charge is -2.28. The first-order valence-corrected chi connectivity index (χ1v) is 11.4. The maximum Gasteiger partial charge on any atom is 0.416 e. The molecule has 4 rings (SSSR count). The molecule has 0 saturated heterocycles. The van der Waals surface area contributed by atoms with Crippen molar-refractivity contribution in [3.05, 3.63) is 89.0 Å². The Morgan fingerprint density at radius 3 is 2.32 bits per heavy atom. The number of carbonyl (C=O) groups excluding carboxylic acids is 1. The first-order valence-electron chi connectivity index (χ1n) is 11.4. The van der Waals surface area contributed by atoms with Gasteiger partial charge in [-0.3, -0.25) is 9.69 Å². The number of carboxylic acids is 1. The highest BCUT2D eigenvalue weighted by molar-refractivity contribution is 5.96. The molecule has 0 spiro atoms. The zero-order valence-electron chi connectivity index (χ0n) is 20.2. The topological polar surface area (TPSA) is 95.7 Å². The number of nitrogens with two attached hydrogens (primary N) is 1. The van der Waals surface area contributed by atoms with Crippen molar-refractivity contribution in [2.24, 2.45) is 0 Å². The number of alkyl halides is 3. The van der Waals surface area contributed by atoms with Gasteiger partial charge in [0, 0.05) is 38.8 Å². The summed E-state index contributed by atoms with van der Waals surface area (Å²) in [6.45, 7) is 5.17. The smallest absolute Gasteiger partial charge is 0.416 e. The third kappa shape index (κ3) is 8.51. The molecule has 3 aromatic rings. The van der Waals surface area contributed by atoms with E-state index in [0.717, 1.165) is 50.4 Å². The molecule has 1 amide bonds. The Morgan fingerprint density at radius 1 is 1.03 bits per heavy atom. The van der Waals surface area contributed by atoms with Gasteiger partial charge in [0.25, 0.3) is 0 Å². The minimum absolute atomic E-state index is 0. The molecule has 1 heterocycles. The van der Waals surface area contributed by atoms with Crippen LogP contribution < -0.4 is 11.1 Å². The molecule has 10 heteroatoms. The number of halogens is 4. The van der Waals surface area contributed by atoms with Gasteiger partial charge >= 0.3 is 12.1 Å². The van der Waals surface area contributed by atoms with E-state index in [2.05, 4.69) is 22.3 Å². The van der Waals surface area contributed by atoms with E-state index in [-0.39, 0.29) is 23.9 Å². The first kappa shape index (κ1) is 29.7. The second kappa shape index (κ2) is 13.1. The van der Waals surface area contributed by atoms with Gasteiger partial charge in [0.1, 0.15) is 0 Å². The molecule has 0 unspecified atom stereocenters. The number of fused-ring (bicyclic) bond motifs is 1. The summed E-state index contributed by atoms with van der Waals surface area (Å²) in [4.78, 5) is 24.2. The highest BCUT2D eigenvalue weighted by Gasteiger charge is 2.30. The number of hydrogen-bond acceptors (Lipinski definition) is 4. The minimum atomic E-state index is -4.40.